The average Bonchev–Trinajstić information content (AvgIpc) is 4.20. The van der Waals surface area contributed by atoms with Crippen LogP contribution < -0.4 is 71.6 Å². The standard InChI is InChI=1S/C50H76N16O11S2/c1-3-26(2)39-46(75)61-31(15-16-36(51)67)42(71)62-33(23-37(52)68)43(72)64-34(48(77)66-20-10-14-35(66)45(74)60-30(13-9-19-57-49(55)56)41(70)58-24-38(53)69)25-78-79-50(17-7-4-8-18-50)40(54)47(76)63-32(44(73)65-39)22-28-21-27-11-5-6-12-29(27)59-28/h5-6,11-12,21,26,30-35,39-40,59H,3-4,7-10,13-20,22-25,54H2,1-2H3,(H2,51,67)(H2,52,68)(H2,53,69)(H,58,70)(H,60,74)(H,61,75)(H,62,71)(H,63,76)(H,64,72)(H,65,73)(H4,55,56,57)/t26-,30+,31-,32+,33-,34-,35-,39-,40+/m0/s1. The van der Waals surface area contributed by atoms with Crippen molar-refractivity contribution in [3.63, 3.8) is 0 Å². The maximum Gasteiger partial charge on any atom is 0.246 e. The second-order valence-corrected chi connectivity index (χ2v) is 23.0. The molecule has 1 spiro atoms. The number of amides is 11. The maximum atomic E-state index is 15.0. The number of likely N-dealkylation sites (tertiary alicyclic amines) is 1. The molecule has 0 bridgehead atoms. The molecule has 20 N–H and O–H groups in total. The Labute approximate surface area is 465 Å². The number of H-pyrrole nitrogens is 1. The van der Waals surface area contributed by atoms with Crippen LogP contribution in [-0.2, 0) is 59.2 Å². The summed E-state index contributed by atoms with van der Waals surface area (Å²) >= 11 is 0. The fraction of sp³-hybridized carbons (Fsp3) is 0.600. The van der Waals surface area contributed by atoms with Crippen molar-refractivity contribution in [2.45, 2.75) is 157 Å². The second kappa shape index (κ2) is 29.7. The number of primary amides is 3. The van der Waals surface area contributed by atoms with E-state index in [2.05, 4.69) is 47.2 Å². The lowest BCUT2D eigenvalue weighted by Crippen LogP contribution is -2.62. The van der Waals surface area contributed by atoms with Crippen molar-refractivity contribution in [1.82, 2.24) is 47.1 Å². The predicted octanol–water partition coefficient (Wildman–Crippen LogP) is -3.12. The highest BCUT2D eigenvalue weighted by atomic mass is 33.1. The number of aromatic nitrogens is 1. The summed E-state index contributed by atoms with van der Waals surface area (Å²) in [6.45, 7) is 3.06. The van der Waals surface area contributed by atoms with Gasteiger partial charge in [-0.1, -0.05) is 79.3 Å². The van der Waals surface area contributed by atoms with E-state index in [0.29, 0.717) is 44.2 Å². The number of aliphatic imine (C=N–C) groups is 1. The van der Waals surface area contributed by atoms with Gasteiger partial charge in [0.05, 0.1) is 23.8 Å². The maximum absolute atomic E-state index is 15.0. The molecule has 3 heterocycles. The summed E-state index contributed by atoms with van der Waals surface area (Å²) < 4.78 is -0.990. The van der Waals surface area contributed by atoms with Crippen molar-refractivity contribution < 1.29 is 52.7 Å². The van der Waals surface area contributed by atoms with Gasteiger partial charge in [-0.3, -0.25) is 57.7 Å². The number of para-hydroxylation sites is 1. The topological polar surface area (TPSA) is 459 Å². The van der Waals surface area contributed by atoms with Crippen LogP contribution in [0.15, 0.2) is 35.3 Å². The molecule has 27 nitrogen and oxygen atoms in total. The van der Waals surface area contributed by atoms with Crippen LogP contribution in [0.5, 0.6) is 0 Å². The van der Waals surface area contributed by atoms with Gasteiger partial charge in [0.2, 0.25) is 65.0 Å². The Morgan fingerprint density at radius 1 is 0.810 bits per heavy atom. The highest BCUT2D eigenvalue weighted by Gasteiger charge is 2.46. The molecule has 1 aromatic carbocycles. The zero-order valence-electron chi connectivity index (χ0n) is 44.5. The van der Waals surface area contributed by atoms with Crippen LogP contribution in [0.4, 0.5) is 0 Å². The van der Waals surface area contributed by atoms with Gasteiger partial charge >= 0.3 is 0 Å². The van der Waals surface area contributed by atoms with E-state index < -0.39 is 150 Å². The summed E-state index contributed by atoms with van der Waals surface area (Å²) in [5.41, 5.74) is 35.6. The van der Waals surface area contributed by atoms with Gasteiger partial charge in [-0.2, -0.15) is 0 Å². The number of hydrogen-bond donors (Lipinski definition) is 14. The predicted molar refractivity (Wildman–Crippen MR) is 296 cm³/mol. The minimum absolute atomic E-state index is 0.0126. The van der Waals surface area contributed by atoms with Gasteiger partial charge in [0.15, 0.2) is 5.96 Å². The Kier molecular flexibility index (Phi) is 23.6. The Bertz CT molecular complexity index is 2560. The first-order valence-corrected chi connectivity index (χ1v) is 28.8. The van der Waals surface area contributed by atoms with Crippen LogP contribution in [-0.4, -0.2) is 159 Å². The first kappa shape index (κ1) is 62.7. The number of nitrogens with two attached hydrogens (primary N) is 6. The molecule has 2 aliphatic heterocycles. The number of hydrogen-bond acceptors (Lipinski definition) is 15. The minimum atomic E-state index is -1.77. The molecular formula is C50H76N16O11S2. The summed E-state index contributed by atoms with van der Waals surface area (Å²) in [5.74, 6) is -10.3. The number of nitrogens with zero attached hydrogens (tertiary/aromatic N) is 2. The Morgan fingerprint density at radius 3 is 2.14 bits per heavy atom. The molecule has 29 heteroatoms. The lowest BCUT2D eigenvalue weighted by molar-refractivity contribution is -0.142. The van der Waals surface area contributed by atoms with E-state index >= 15 is 0 Å². The van der Waals surface area contributed by atoms with Crippen LogP contribution >= 0.6 is 21.6 Å². The molecule has 11 amide bonds. The van der Waals surface area contributed by atoms with Gasteiger partial charge in [0.25, 0.3) is 0 Å². The van der Waals surface area contributed by atoms with Gasteiger partial charge in [-0.15, -0.1) is 0 Å². The first-order chi connectivity index (χ1) is 37.5. The molecule has 9 atom stereocenters. The largest absolute Gasteiger partial charge is 0.370 e. The number of rotatable bonds is 19. The monoisotopic (exact) mass is 1140 g/mol. The molecule has 0 unspecified atom stereocenters. The van der Waals surface area contributed by atoms with E-state index in [-0.39, 0.29) is 50.5 Å². The van der Waals surface area contributed by atoms with Gasteiger partial charge < -0.3 is 81.5 Å². The second-order valence-electron chi connectivity index (χ2n) is 20.2. The number of nitrogens with one attached hydrogen (secondary N) is 8. The fourth-order valence-corrected chi connectivity index (χ4v) is 13.2. The molecule has 5 rings (SSSR count). The van der Waals surface area contributed by atoms with Crippen LogP contribution in [0.3, 0.4) is 0 Å². The number of carbonyl (C=O) groups is 11. The third kappa shape index (κ3) is 18.2. The highest BCUT2D eigenvalue weighted by molar-refractivity contribution is 8.77. The van der Waals surface area contributed by atoms with Crippen molar-refractivity contribution in [3.8, 4) is 0 Å². The first-order valence-electron chi connectivity index (χ1n) is 26.5. The van der Waals surface area contributed by atoms with Gasteiger partial charge in [0, 0.05) is 42.9 Å². The zero-order chi connectivity index (χ0) is 58.0. The summed E-state index contributed by atoms with van der Waals surface area (Å²) in [6, 6.07) is -1.88. The quantitative estimate of drug-likeness (QED) is 0.0286. The Morgan fingerprint density at radius 2 is 1.48 bits per heavy atom. The van der Waals surface area contributed by atoms with Gasteiger partial charge in [0.1, 0.15) is 42.3 Å². The summed E-state index contributed by atoms with van der Waals surface area (Å²) in [6.07, 6.45) is 2.41. The van der Waals surface area contributed by atoms with Gasteiger partial charge in [-0.25, -0.2) is 0 Å². The van der Waals surface area contributed by atoms with E-state index in [0.717, 1.165) is 28.1 Å². The third-order valence-corrected chi connectivity index (χ3v) is 17.6. The number of aromatic amines is 1. The summed E-state index contributed by atoms with van der Waals surface area (Å²) in [5, 5.41) is 19.3. The van der Waals surface area contributed by atoms with Crippen LogP contribution in [0.25, 0.3) is 10.9 Å². The average molecular weight is 1140 g/mol. The summed E-state index contributed by atoms with van der Waals surface area (Å²) in [4.78, 5) is 159. The summed E-state index contributed by atoms with van der Waals surface area (Å²) in [7, 11) is 2.34. The smallest absolute Gasteiger partial charge is 0.246 e. The highest BCUT2D eigenvalue weighted by Crippen LogP contribution is 2.48. The lowest BCUT2D eigenvalue weighted by Gasteiger charge is -2.40. The Hall–Kier alpha value is -7.14. The van der Waals surface area contributed by atoms with E-state index in [1.54, 1.807) is 13.8 Å². The SMILES string of the molecule is CC[C@H](C)[C@@H]1NC(=O)[C@@H](Cc2cc3ccccc3[nH]2)NC(=O)[C@@H](N)C2(CCCCC2)SSC[C@@H](C(=O)N2CCC[C@H]2C(=O)N[C@H](CCCN=C(N)N)C(=O)NCC(N)=O)NC(=O)[C@H](CC(N)=O)NC(=O)[C@H](CCC(N)=O)NC1=O. The van der Waals surface area contributed by atoms with E-state index in [1.165, 1.54) is 15.7 Å². The third-order valence-electron chi connectivity index (χ3n) is 14.3. The van der Waals surface area contributed by atoms with Crippen LogP contribution in [0.1, 0.15) is 103 Å². The fourth-order valence-electron chi connectivity index (χ4n) is 9.73. The van der Waals surface area contributed by atoms with Crippen molar-refractivity contribution in [2.75, 3.05) is 25.4 Å². The molecule has 3 aliphatic rings. The van der Waals surface area contributed by atoms with Crippen molar-refractivity contribution in [3.05, 3.63) is 36.0 Å². The number of benzene rings is 1. The van der Waals surface area contributed by atoms with E-state index in [9.17, 15) is 52.7 Å². The minimum Gasteiger partial charge on any atom is -0.370 e. The van der Waals surface area contributed by atoms with Crippen LogP contribution in [0, 0.1) is 5.92 Å². The molecule has 79 heavy (non-hydrogen) atoms. The van der Waals surface area contributed by atoms with Gasteiger partial charge in [-0.05, 0) is 68.4 Å². The molecular weight excluding hydrogens is 1060 g/mol. The molecule has 1 aliphatic carbocycles. The number of guanidine groups is 1. The molecule has 1 saturated carbocycles. The zero-order valence-corrected chi connectivity index (χ0v) is 46.1. The molecule has 434 valence electrons. The van der Waals surface area contributed by atoms with E-state index in [1.807, 2.05) is 30.3 Å². The normalized spacial score (nSPS) is 24.3. The van der Waals surface area contributed by atoms with Crippen molar-refractivity contribution in [2.24, 2.45) is 45.3 Å². The molecule has 2 aromatic rings. The molecule has 3 fully saturated rings. The van der Waals surface area contributed by atoms with Crippen molar-refractivity contribution >= 4 is 103 Å². The number of carbonyl (C=O) groups excluding carboxylic acids is 11. The Balaban J connectivity index is 1.54. The van der Waals surface area contributed by atoms with E-state index in [4.69, 9.17) is 34.4 Å². The van der Waals surface area contributed by atoms with Crippen molar-refractivity contribution in [1.29, 1.82) is 0 Å². The molecule has 1 aromatic heterocycles. The molecule has 0 radical (unpaired) electrons. The molecule has 2 saturated heterocycles. The lowest BCUT2D eigenvalue weighted by atomic mass is 9.82. The van der Waals surface area contributed by atoms with Crippen LogP contribution in [0.2, 0.25) is 0 Å². The number of fused-ring (bicyclic) bond motifs is 1.